The summed E-state index contributed by atoms with van der Waals surface area (Å²) in [5.74, 6) is 0. The smallest absolute Gasteiger partial charge is 0.0968 e. The lowest BCUT2D eigenvalue weighted by molar-refractivity contribution is 0.0821. The highest BCUT2D eigenvalue weighted by Crippen LogP contribution is 2.22. The van der Waals surface area contributed by atoms with E-state index in [1.54, 1.807) is 0 Å². The van der Waals surface area contributed by atoms with Crippen molar-refractivity contribution in [2.24, 2.45) is 0 Å². The van der Waals surface area contributed by atoms with E-state index < -0.39 is 0 Å². The van der Waals surface area contributed by atoms with Gasteiger partial charge in [-0.1, -0.05) is 60.7 Å². The van der Waals surface area contributed by atoms with E-state index in [0.29, 0.717) is 0 Å². The van der Waals surface area contributed by atoms with Crippen LogP contribution in [0.15, 0.2) is 66.9 Å². The van der Waals surface area contributed by atoms with Crippen LogP contribution in [0.1, 0.15) is 30.4 Å². The Morgan fingerprint density at radius 2 is 1.67 bits per heavy atom. The number of nitrogens with one attached hydrogen (secondary N) is 1. The number of benzene rings is 2. The van der Waals surface area contributed by atoms with Gasteiger partial charge in [-0.25, -0.2) is 0 Å². The highest BCUT2D eigenvalue weighted by molar-refractivity contribution is 5.62. The molecule has 1 aliphatic rings. The Morgan fingerprint density at radius 1 is 0.967 bits per heavy atom. The van der Waals surface area contributed by atoms with E-state index in [0.717, 1.165) is 69.8 Å². The number of hydrogen-bond acceptors (Lipinski definition) is 4. The Kier molecular flexibility index (Phi) is 7.29. The molecule has 0 unspecified atom stereocenters. The van der Waals surface area contributed by atoms with Crippen LogP contribution in [-0.2, 0) is 13.1 Å². The monoisotopic (exact) mass is 404 g/mol. The molecule has 0 spiro atoms. The molecule has 1 aliphatic heterocycles. The third kappa shape index (κ3) is 5.79. The first-order valence-corrected chi connectivity index (χ1v) is 11.0. The molecule has 4 rings (SSSR count). The molecule has 3 aromatic rings. The maximum atomic E-state index is 9.63. The molecule has 0 atom stereocenters. The molecule has 2 aromatic carbocycles. The minimum atomic E-state index is -0.0943. The summed E-state index contributed by atoms with van der Waals surface area (Å²) in [5, 5.41) is 18.1. The zero-order valence-corrected chi connectivity index (χ0v) is 17.6. The minimum absolute atomic E-state index is 0.0943. The quantitative estimate of drug-likeness (QED) is 0.536. The maximum Gasteiger partial charge on any atom is 0.0968 e. The minimum Gasteiger partial charge on any atom is -0.393 e. The Labute approximate surface area is 179 Å². The number of rotatable bonds is 9. The fourth-order valence-electron chi connectivity index (χ4n) is 4.08. The van der Waals surface area contributed by atoms with E-state index in [9.17, 15) is 5.11 Å². The Morgan fingerprint density at radius 3 is 2.40 bits per heavy atom. The lowest BCUT2D eigenvalue weighted by Crippen LogP contribution is -2.37. The van der Waals surface area contributed by atoms with Gasteiger partial charge in [0.1, 0.15) is 0 Å². The number of likely N-dealkylation sites (tertiary alicyclic amines) is 1. The van der Waals surface area contributed by atoms with Gasteiger partial charge in [-0.15, -0.1) is 0 Å². The van der Waals surface area contributed by atoms with Crippen molar-refractivity contribution in [3.05, 3.63) is 78.0 Å². The van der Waals surface area contributed by atoms with Gasteiger partial charge in [0.25, 0.3) is 0 Å². The summed E-state index contributed by atoms with van der Waals surface area (Å²) < 4.78 is 2.05. The third-order valence-corrected chi connectivity index (χ3v) is 5.77. The van der Waals surface area contributed by atoms with Gasteiger partial charge in [-0.3, -0.25) is 4.68 Å². The van der Waals surface area contributed by atoms with Crippen LogP contribution in [-0.4, -0.2) is 52.1 Å². The van der Waals surface area contributed by atoms with Gasteiger partial charge in [0.2, 0.25) is 0 Å². The summed E-state index contributed by atoms with van der Waals surface area (Å²) >= 11 is 0. The van der Waals surface area contributed by atoms with E-state index in [-0.39, 0.29) is 6.10 Å². The lowest BCUT2D eigenvalue weighted by Gasteiger charge is -2.29. The normalized spacial score (nSPS) is 15.5. The molecule has 0 amide bonds. The number of nitrogens with zero attached hydrogens (tertiary/aromatic N) is 3. The first-order chi connectivity index (χ1) is 14.8. The largest absolute Gasteiger partial charge is 0.393 e. The molecule has 5 nitrogen and oxygen atoms in total. The Balaban J connectivity index is 1.35. The Hall–Kier alpha value is -2.47. The van der Waals surface area contributed by atoms with E-state index in [1.165, 1.54) is 11.1 Å². The van der Waals surface area contributed by atoms with E-state index in [2.05, 4.69) is 64.9 Å². The summed E-state index contributed by atoms with van der Waals surface area (Å²) in [6.07, 6.45) is 5.02. The number of aliphatic hydroxyl groups excluding tert-OH is 1. The summed E-state index contributed by atoms with van der Waals surface area (Å²) in [6, 6.07) is 20.9. The van der Waals surface area contributed by atoms with Crippen LogP contribution in [0, 0.1) is 0 Å². The van der Waals surface area contributed by atoms with Gasteiger partial charge >= 0.3 is 0 Å². The standard InChI is InChI=1S/C25H32N4O/c30-24-12-16-28(17-13-24)15-7-14-26-18-23-20-29(19-21-8-3-1-4-9-21)27-25(23)22-10-5-2-6-11-22/h1-6,8-11,20,24,26,30H,7,12-19H2. The van der Waals surface area contributed by atoms with Crippen LogP contribution in [0.2, 0.25) is 0 Å². The predicted molar refractivity (Wildman–Crippen MR) is 121 cm³/mol. The molecule has 30 heavy (non-hydrogen) atoms. The number of piperidine rings is 1. The molecule has 0 saturated carbocycles. The second-order valence-electron chi connectivity index (χ2n) is 8.16. The van der Waals surface area contributed by atoms with Crippen molar-refractivity contribution in [2.75, 3.05) is 26.2 Å². The van der Waals surface area contributed by atoms with Crippen molar-refractivity contribution >= 4 is 0 Å². The molecule has 2 N–H and O–H groups in total. The molecule has 2 heterocycles. The van der Waals surface area contributed by atoms with Crippen LogP contribution in [0.3, 0.4) is 0 Å². The first kappa shape index (κ1) is 20.8. The summed E-state index contributed by atoms with van der Waals surface area (Å²) in [6.45, 7) is 5.71. The van der Waals surface area contributed by atoms with Crippen molar-refractivity contribution in [1.29, 1.82) is 0 Å². The highest BCUT2D eigenvalue weighted by atomic mass is 16.3. The van der Waals surface area contributed by atoms with Gasteiger partial charge in [0.15, 0.2) is 0 Å². The van der Waals surface area contributed by atoms with Gasteiger partial charge in [-0.2, -0.15) is 5.10 Å². The molecule has 5 heteroatoms. The van der Waals surface area contributed by atoms with Crippen molar-refractivity contribution in [2.45, 2.75) is 38.5 Å². The average molecular weight is 405 g/mol. The van der Waals surface area contributed by atoms with Crippen LogP contribution in [0.4, 0.5) is 0 Å². The van der Waals surface area contributed by atoms with E-state index in [1.807, 2.05) is 16.8 Å². The van der Waals surface area contributed by atoms with Gasteiger partial charge < -0.3 is 15.3 Å². The summed E-state index contributed by atoms with van der Waals surface area (Å²) in [7, 11) is 0. The van der Waals surface area contributed by atoms with E-state index in [4.69, 9.17) is 5.10 Å². The van der Waals surface area contributed by atoms with Crippen molar-refractivity contribution in [3.8, 4) is 11.3 Å². The van der Waals surface area contributed by atoms with Crippen LogP contribution in [0.5, 0.6) is 0 Å². The van der Waals surface area contributed by atoms with E-state index >= 15 is 0 Å². The molecule has 1 saturated heterocycles. The van der Waals surface area contributed by atoms with Crippen molar-refractivity contribution in [1.82, 2.24) is 20.0 Å². The zero-order valence-electron chi connectivity index (χ0n) is 17.6. The lowest BCUT2D eigenvalue weighted by atomic mass is 10.1. The Bertz CT molecular complexity index is 886. The topological polar surface area (TPSA) is 53.3 Å². The molecule has 158 valence electrons. The number of aliphatic hydroxyl groups is 1. The SMILES string of the molecule is OC1CCN(CCCNCc2cn(Cc3ccccc3)nc2-c2ccccc2)CC1. The second-order valence-corrected chi connectivity index (χ2v) is 8.16. The van der Waals surface area contributed by atoms with Gasteiger partial charge in [-0.05, 0) is 37.9 Å². The molecule has 0 radical (unpaired) electrons. The number of hydrogen-bond donors (Lipinski definition) is 2. The second kappa shape index (κ2) is 10.5. The average Bonchev–Trinajstić information content (AvgIpc) is 3.18. The van der Waals surface area contributed by atoms with Gasteiger partial charge in [0, 0.05) is 37.0 Å². The van der Waals surface area contributed by atoms with Crippen LogP contribution >= 0.6 is 0 Å². The highest BCUT2D eigenvalue weighted by Gasteiger charge is 2.16. The third-order valence-electron chi connectivity index (χ3n) is 5.77. The zero-order chi connectivity index (χ0) is 20.6. The molecular weight excluding hydrogens is 372 g/mol. The molecular formula is C25H32N4O. The first-order valence-electron chi connectivity index (χ1n) is 11.0. The molecule has 1 fully saturated rings. The molecule has 0 aliphatic carbocycles. The maximum absolute atomic E-state index is 9.63. The van der Waals surface area contributed by atoms with Crippen molar-refractivity contribution < 1.29 is 5.11 Å². The summed E-state index contributed by atoms with van der Waals surface area (Å²) in [5.41, 5.74) is 4.71. The van der Waals surface area contributed by atoms with Crippen LogP contribution < -0.4 is 5.32 Å². The number of aromatic nitrogens is 2. The summed E-state index contributed by atoms with van der Waals surface area (Å²) in [4.78, 5) is 2.46. The fraction of sp³-hybridized carbons (Fsp3) is 0.400. The predicted octanol–water partition coefficient (Wildman–Crippen LogP) is 3.53. The van der Waals surface area contributed by atoms with Crippen LogP contribution in [0.25, 0.3) is 11.3 Å². The molecule has 0 bridgehead atoms. The van der Waals surface area contributed by atoms with Crippen molar-refractivity contribution in [3.63, 3.8) is 0 Å². The fourth-order valence-corrected chi connectivity index (χ4v) is 4.08. The molecule has 1 aromatic heterocycles. The van der Waals surface area contributed by atoms with Gasteiger partial charge in [0.05, 0.1) is 18.3 Å².